The fourth-order valence-electron chi connectivity index (χ4n) is 2.69. The third-order valence-corrected chi connectivity index (χ3v) is 5.20. The van der Waals surface area contributed by atoms with Crippen molar-refractivity contribution in [1.29, 1.82) is 0 Å². The van der Waals surface area contributed by atoms with Gasteiger partial charge in [-0.2, -0.15) is 13.2 Å². The van der Waals surface area contributed by atoms with Crippen molar-refractivity contribution < 1.29 is 18.0 Å². The molecule has 2 aromatic carbocycles. The number of carbonyl (C=O) groups is 1. The van der Waals surface area contributed by atoms with Crippen LogP contribution in [0.3, 0.4) is 0 Å². The summed E-state index contributed by atoms with van der Waals surface area (Å²) in [6.07, 6.45) is -3.90. The van der Waals surface area contributed by atoms with Crippen LogP contribution in [0.1, 0.15) is 28.5 Å². The van der Waals surface area contributed by atoms with E-state index in [4.69, 9.17) is 0 Å². The summed E-state index contributed by atoms with van der Waals surface area (Å²) in [6.45, 7) is 0.457. The number of rotatable bonds is 3. The third kappa shape index (κ3) is 3.75. The monoisotopic (exact) mass is 351 g/mol. The van der Waals surface area contributed by atoms with Crippen molar-refractivity contribution in [2.75, 3.05) is 5.75 Å². The molecule has 3 rings (SSSR count). The lowest BCUT2D eigenvalue weighted by Crippen LogP contribution is -2.36. The van der Waals surface area contributed by atoms with E-state index < -0.39 is 11.7 Å². The number of alkyl halides is 3. The van der Waals surface area contributed by atoms with Crippen LogP contribution in [-0.2, 0) is 17.5 Å². The Hall–Kier alpha value is -1.95. The number of amides is 1. The van der Waals surface area contributed by atoms with Gasteiger partial charge in [-0.15, -0.1) is 11.8 Å². The summed E-state index contributed by atoms with van der Waals surface area (Å²) in [7, 11) is 0. The van der Waals surface area contributed by atoms with Gasteiger partial charge >= 0.3 is 6.18 Å². The second-order valence-corrected chi connectivity index (χ2v) is 6.79. The maximum absolute atomic E-state index is 12.7. The molecule has 1 heterocycles. The normalized spacial score (nSPS) is 18.7. The molecule has 0 saturated carbocycles. The summed E-state index contributed by atoms with van der Waals surface area (Å²) in [5.74, 6) is 0.706. The number of nitrogens with zero attached hydrogens (tertiary/aromatic N) is 1. The summed E-state index contributed by atoms with van der Waals surface area (Å²) < 4.78 is 38.2. The average Bonchev–Trinajstić information content (AvgIpc) is 2.57. The number of carbonyl (C=O) groups excluding carboxylic acids is 1. The lowest BCUT2D eigenvalue weighted by Gasteiger charge is -2.35. The number of hydrogen-bond acceptors (Lipinski definition) is 2. The molecule has 0 aromatic heterocycles. The highest BCUT2D eigenvalue weighted by molar-refractivity contribution is 7.99. The summed E-state index contributed by atoms with van der Waals surface area (Å²) >= 11 is 1.58. The molecule has 24 heavy (non-hydrogen) atoms. The minimum Gasteiger partial charge on any atom is -0.322 e. The van der Waals surface area contributed by atoms with Crippen molar-refractivity contribution in [2.24, 2.45) is 0 Å². The highest BCUT2D eigenvalue weighted by atomic mass is 32.2. The van der Waals surface area contributed by atoms with Gasteiger partial charge in [0.15, 0.2) is 0 Å². The first kappa shape index (κ1) is 16.9. The summed E-state index contributed by atoms with van der Waals surface area (Å²) in [5, 5.41) is -0.256. The smallest absolute Gasteiger partial charge is 0.322 e. The Kier molecular flexibility index (Phi) is 4.85. The van der Waals surface area contributed by atoms with Gasteiger partial charge in [0, 0.05) is 18.7 Å². The zero-order chi connectivity index (χ0) is 17.2. The van der Waals surface area contributed by atoms with Gasteiger partial charge in [-0.25, -0.2) is 0 Å². The molecule has 0 radical (unpaired) electrons. The first-order valence-corrected chi connectivity index (χ1v) is 8.62. The topological polar surface area (TPSA) is 20.3 Å². The van der Waals surface area contributed by atoms with E-state index in [0.717, 1.165) is 23.3 Å². The maximum atomic E-state index is 12.7. The lowest BCUT2D eigenvalue weighted by molar-refractivity contribution is -0.137. The molecule has 1 aliphatic rings. The van der Waals surface area contributed by atoms with Crippen molar-refractivity contribution in [3.63, 3.8) is 0 Å². The van der Waals surface area contributed by atoms with E-state index in [1.54, 1.807) is 16.7 Å². The van der Waals surface area contributed by atoms with Gasteiger partial charge in [0.2, 0.25) is 5.91 Å². The molecule has 1 amide bonds. The SMILES string of the molecule is O=C1CCSC(c2ccc(C(F)(F)F)cc2)N1Cc1ccccc1. The third-order valence-electron chi connectivity index (χ3n) is 3.91. The van der Waals surface area contributed by atoms with Gasteiger partial charge in [0.05, 0.1) is 5.56 Å². The van der Waals surface area contributed by atoms with Gasteiger partial charge in [-0.05, 0) is 23.3 Å². The van der Waals surface area contributed by atoms with Crippen LogP contribution in [0.25, 0.3) is 0 Å². The molecular formula is C18H16F3NOS. The minimum atomic E-state index is -4.35. The Morgan fingerprint density at radius 3 is 2.33 bits per heavy atom. The van der Waals surface area contributed by atoms with E-state index in [2.05, 4.69) is 0 Å². The van der Waals surface area contributed by atoms with E-state index in [1.807, 2.05) is 30.3 Å². The molecule has 2 nitrogen and oxygen atoms in total. The molecule has 1 atom stereocenters. The largest absolute Gasteiger partial charge is 0.416 e. The van der Waals surface area contributed by atoms with Crippen LogP contribution in [0, 0.1) is 0 Å². The van der Waals surface area contributed by atoms with E-state index in [1.165, 1.54) is 12.1 Å². The van der Waals surface area contributed by atoms with Crippen LogP contribution in [0.4, 0.5) is 13.2 Å². The second kappa shape index (κ2) is 6.89. The Morgan fingerprint density at radius 1 is 1.04 bits per heavy atom. The van der Waals surface area contributed by atoms with Crippen molar-refractivity contribution >= 4 is 17.7 Å². The van der Waals surface area contributed by atoms with Crippen molar-refractivity contribution in [3.05, 3.63) is 71.3 Å². The molecule has 0 bridgehead atoms. The van der Waals surface area contributed by atoms with Crippen LogP contribution in [0.15, 0.2) is 54.6 Å². The Labute approximate surface area is 142 Å². The van der Waals surface area contributed by atoms with E-state index in [-0.39, 0.29) is 11.3 Å². The lowest BCUT2D eigenvalue weighted by atomic mass is 10.1. The van der Waals surface area contributed by atoms with Crippen LogP contribution >= 0.6 is 11.8 Å². The van der Waals surface area contributed by atoms with E-state index >= 15 is 0 Å². The molecule has 1 aliphatic heterocycles. The fourth-order valence-corrected chi connectivity index (χ4v) is 3.92. The van der Waals surface area contributed by atoms with E-state index in [0.29, 0.717) is 18.7 Å². The summed E-state index contributed by atoms with van der Waals surface area (Å²) in [5.41, 5.74) is 1.05. The Balaban J connectivity index is 1.85. The summed E-state index contributed by atoms with van der Waals surface area (Å²) in [6, 6.07) is 14.7. The standard InChI is InChI=1S/C18H16F3NOS/c19-18(20,21)15-8-6-14(7-9-15)17-22(16(23)10-11-24-17)12-13-4-2-1-3-5-13/h1-9,17H,10-12H2. The van der Waals surface area contributed by atoms with Crippen LogP contribution in [-0.4, -0.2) is 16.6 Å². The number of hydrogen-bond donors (Lipinski definition) is 0. The number of halogens is 3. The average molecular weight is 351 g/mol. The van der Waals surface area contributed by atoms with Gasteiger partial charge in [0.1, 0.15) is 5.37 Å². The van der Waals surface area contributed by atoms with Crippen molar-refractivity contribution in [3.8, 4) is 0 Å². The van der Waals surface area contributed by atoms with Crippen LogP contribution in [0.2, 0.25) is 0 Å². The van der Waals surface area contributed by atoms with Crippen molar-refractivity contribution in [2.45, 2.75) is 24.5 Å². The number of benzene rings is 2. The Morgan fingerprint density at radius 2 is 1.71 bits per heavy atom. The van der Waals surface area contributed by atoms with Gasteiger partial charge in [-0.3, -0.25) is 4.79 Å². The van der Waals surface area contributed by atoms with Gasteiger partial charge in [0.25, 0.3) is 0 Å². The van der Waals surface area contributed by atoms with Crippen LogP contribution in [0.5, 0.6) is 0 Å². The zero-order valence-corrected chi connectivity index (χ0v) is 13.6. The molecule has 126 valence electrons. The van der Waals surface area contributed by atoms with Gasteiger partial charge < -0.3 is 4.90 Å². The maximum Gasteiger partial charge on any atom is 0.416 e. The first-order chi connectivity index (χ1) is 11.4. The molecule has 0 spiro atoms. The predicted octanol–water partition coefficient (Wildman–Crippen LogP) is 4.87. The second-order valence-electron chi connectivity index (χ2n) is 5.60. The summed E-state index contributed by atoms with van der Waals surface area (Å²) in [4.78, 5) is 14.1. The quantitative estimate of drug-likeness (QED) is 0.786. The highest BCUT2D eigenvalue weighted by Crippen LogP contribution is 2.39. The van der Waals surface area contributed by atoms with Crippen LogP contribution < -0.4 is 0 Å². The van der Waals surface area contributed by atoms with E-state index in [9.17, 15) is 18.0 Å². The molecule has 2 aromatic rings. The minimum absolute atomic E-state index is 0.0301. The molecular weight excluding hydrogens is 335 g/mol. The molecule has 1 fully saturated rings. The highest BCUT2D eigenvalue weighted by Gasteiger charge is 2.32. The molecule has 0 aliphatic carbocycles. The molecule has 6 heteroatoms. The molecule has 0 N–H and O–H groups in total. The Bertz CT molecular complexity index is 700. The number of thioether (sulfide) groups is 1. The zero-order valence-electron chi connectivity index (χ0n) is 12.8. The molecule has 1 unspecified atom stereocenters. The molecule has 1 saturated heterocycles. The fraction of sp³-hybridized carbons (Fsp3) is 0.278. The predicted molar refractivity (Wildman–Crippen MR) is 88.3 cm³/mol. The van der Waals surface area contributed by atoms with Gasteiger partial charge in [-0.1, -0.05) is 42.5 Å². The van der Waals surface area contributed by atoms with Crippen molar-refractivity contribution in [1.82, 2.24) is 4.90 Å². The first-order valence-electron chi connectivity index (χ1n) is 7.57.